The minimum Gasteiger partial charge on any atom is -0.481 e. The molecule has 7 heteroatoms. The van der Waals surface area contributed by atoms with Crippen LogP contribution in [0.15, 0.2) is 24.3 Å². The van der Waals surface area contributed by atoms with E-state index in [4.69, 9.17) is 0 Å². The number of benzene rings is 1. The fraction of sp³-hybridized carbons (Fsp3) is 0.625. The van der Waals surface area contributed by atoms with Crippen molar-refractivity contribution < 1.29 is 19.5 Å². The van der Waals surface area contributed by atoms with Crippen LogP contribution in [0.5, 0.6) is 0 Å². The molecule has 0 radical (unpaired) electrons. The first kappa shape index (κ1) is 25.6. The van der Waals surface area contributed by atoms with Gasteiger partial charge in [0.1, 0.15) is 6.04 Å². The average molecular weight is 542 g/mol. The van der Waals surface area contributed by atoms with E-state index in [1.54, 1.807) is 0 Å². The number of carboxylic acid groups (broad SMARTS) is 1. The molecule has 0 aliphatic carbocycles. The summed E-state index contributed by atoms with van der Waals surface area (Å²) in [6, 6.07) is 7.47. The van der Waals surface area contributed by atoms with E-state index in [2.05, 4.69) is 34.0 Å². The van der Waals surface area contributed by atoms with Crippen LogP contribution in [0.25, 0.3) is 0 Å². The zero-order valence-electron chi connectivity index (χ0n) is 18.8. The summed E-state index contributed by atoms with van der Waals surface area (Å²) < 4.78 is 1.12. The van der Waals surface area contributed by atoms with Crippen molar-refractivity contribution in [2.24, 2.45) is 17.8 Å². The molecule has 3 atom stereocenters. The minimum atomic E-state index is -0.935. The van der Waals surface area contributed by atoms with E-state index in [1.165, 1.54) is 0 Å². The Bertz CT molecular complexity index is 768. The maximum Gasteiger partial charge on any atom is 0.307 e. The molecular formula is C24H35IN2O4. The van der Waals surface area contributed by atoms with Crippen LogP contribution in [-0.2, 0) is 20.9 Å². The molecule has 2 rings (SSSR count). The molecule has 1 saturated heterocycles. The van der Waals surface area contributed by atoms with Gasteiger partial charge in [0.2, 0.25) is 11.8 Å². The number of amides is 2. The number of carbonyl (C=O) groups is 3. The Morgan fingerprint density at radius 3 is 2.61 bits per heavy atom. The smallest absolute Gasteiger partial charge is 0.307 e. The topological polar surface area (TPSA) is 86.7 Å². The highest BCUT2D eigenvalue weighted by Crippen LogP contribution is 2.26. The Labute approximate surface area is 199 Å². The molecule has 0 spiro atoms. The normalized spacial score (nSPS) is 19.1. The largest absolute Gasteiger partial charge is 0.481 e. The van der Waals surface area contributed by atoms with Gasteiger partial charge in [0.25, 0.3) is 0 Å². The van der Waals surface area contributed by atoms with E-state index in [-0.39, 0.29) is 17.7 Å². The van der Waals surface area contributed by atoms with Crippen LogP contribution < -0.4 is 5.32 Å². The van der Waals surface area contributed by atoms with Crippen LogP contribution in [0.4, 0.5) is 0 Å². The number of nitrogens with one attached hydrogen (secondary N) is 1. The maximum atomic E-state index is 13.2. The molecule has 2 N–H and O–H groups in total. The Morgan fingerprint density at radius 2 is 2.00 bits per heavy atom. The number of carboxylic acids is 1. The number of hydrogen-bond donors (Lipinski definition) is 2. The monoisotopic (exact) mass is 542 g/mol. The third-order valence-corrected chi connectivity index (χ3v) is 6.50. The predicted octanol–water partition coefficient (Wildman–Crippen LogP) is 4.45. The number of nitrogens with zero attached hydrogens (tertiary/aromatic N) is 1. The molecule has 1 heterocycles. The second-order valence-corrected chi connectivity index (χ2v) is 10.2. The molecule has 0 saturated carbocycles. The molecule has 0 aromatic heterocycles. The Kier molecular flexibility index (Phi) is 10.3. The van der Waals surface area contributed by atoms with Crippen molar-refractivity contribution >= 4 is 40.4 Å². The van der Waals surface area contributed by atoms with Crippen molar-refractivity contribution in [2.75, 3.05) is 6.54 Å². The molecule has 1 aliphatic heterocycles. The predicted molar refractivity (Wildman–Crippen MR) is 129 cm³/mol. The molecule has 1 unspecified atom stereocenters. The molecule has 1 aromatic carbocycles. The summed E-state index contributed by atoms with van der Waals surface area (Å²) in [6.07, 6.45) is 3.99. The quantitative estimate of drug-likeness (QED) is 0.428. The van der Waals surface area contributed by atoms with E-state index in [1.807, 2.05) is 43.9 Å². The van der Waals surface area contributed by atoms with Gasteiger partial charge in [-0.3, -0.25) is 14.4 Å². The summed E-state index contributed by atoms with van der Waals surface area (Å²) in [4.78, 5) is 40.1. The van der Waals surface area contributed by atoms with Gasteiger partial charge in [-0.2, -0.15) is 0 Å². The van der Waals surface area contributed by atoms with Gasteiger partial charge in [0.05, 0.1) is 11.8 Å². The molecule has 0 bridgehead atoms. The molecule has 1 fully saturated rings. The zero-order chi connectivity index (χ0) is 23.0. The standard InChI is InChI=1S/C24H35IN2O4/c1-4-8-19(24(30)31)20(13-16(2)3)22(28)26-21-11-5-6-12-27(23(21)29)15-17-9-7-10-18(25)14-17/h7,9-10,14,16,19-21H,4-6,8,11-13,15H2,1-3H3,(H,26,28)(H,30,31)/t19-,20?,21-/m0/s1. The molecule has 2 amide bonds. The van der Waals surface area contributed by atoms with Gasteiger partial charge in [0, 0.05) is 16.7 Å². The SMILES string of the molecule is CCC[C@H](C(=O)O)C(CC(C)C)C(=O)N[C@H]1CCCCN(Cc2cccc(I)c2)C1=O. The molecule has 6 nitrogen and oxygen atoms in total. The zero-order valence-corrected chi connectivity index (χ0v) is 20.9. The fourth-order valence-corrected chi connectivity index (χ4v) is 4.91. The van der Waals surface area contributed by atoms with Crippen LogP contribution in [-0.4, -0.2) is 40.4 Å². The molecule has 31 heavy (non-hydrogen) atoms. The van der Waals surface area contributed by atoms with E-state index >= 15 is 0 Å². The maximum absolute atomic E-state index is 13.2. The second-order valence-electron chi connectivity index (χ2n) is 8.92. The van der Waals surface area contributed by atoms with E-state index in [9.17, 15) is 19.5 Å². The Hall–Kier alpha value is -1.64. The van der Waals surface area contributed by atoms with E-state index in [0.29, 0.717) is 38.8 Å². The fourth-order valence-electron chi connectivity index (χ4n) is 4.30. The number of rotatable bonds is 10. The summed E-state index contributed by atoms with van der Waals surface area (Å²) >= 11 is 2.26. The lowest BCUT2D eigenvalue weighted by molar-refractivity contribution is -0.148. The number of carbonyl (C=O) groups excluding carboxylic acids is 2. The first-order chi connectivity index (χ1) is 14.7. The Morgan fingerprint density at radius 1 is 1.26 bits per heavy atom. The second kappa shape index (κ2) is 12.4. The van der Waals surface area contributed by atoms with Crippen molar-refractivity contribution in [3.8, 4) is 0 Å². The van der Waals surface area contributed by atoms with Crippen molar-refractivity contribution in [2.45, 2.75) is 71.9 Å². The van der Waals surface area contributed by atoms with Gasteiger partial charge >= 0.3 is 5.97 Å². The highest BCUT2D eigenvalue weighted by Gasteiger charge is 2.36. The number of hydrogen-bond acceptors (Lipinski definition) is 3. The molecule has 1 aromatic rings. The highest BCUT2D eigenvalue weighted by molar-refractivity contribution is 14.1. The average Bonchev–Trinajstić information content (AvgIpc) is 2.86. The molecular weight excluding hydrogens is 507 g/mol. The van der Waals surface area contributed by atoms with Crippen LogP contribution in [0.3, 0.4) is 0 Å². The van der Waals surface area contributed by atoms with Crippen molar-refractivity contribution in [3.05, 3.63) is 33.4 Å². The first-order valence-electron chi connectivity index (χ1n) is 11.3. The van der Waals surface area contributed by atoms with Gasteiger partial charge in [0.15, 0.2) is 0 Å². The van der Waals surface area contributed by atoms with Gasteiger partial charge in [-0.15, -0.1) is 0 Å². The summed E-state index contributed by atoms with van der Waals surface area (Å²) in [5.41, 5.74) is 1.07. The summed E-state index contributed by atoms with van der Waals surface area (Å²) in [5, 5.41) is 12.7. The number of halogens is 1. The van der Waals surface area contributed by atoms with Crippen LogP contribution in [0.2, 0.25) is 0 Å². The van der Waals surface area contributed by atoms with Gasteiger partial charge in [-0.1, -0.05) is 39.3 Å². The summed E-state index contributed by atoms with van der Waals surface area (Å²) in [7, 11) is 0. The van der Waals surface area contributed by atoms with Crippen LogP contribution >= 0.6 is 22.6 Å². The third kappa shape index (κ3) is 7.77. The lowest BCUT2D eigenvalue weighted by Crippen LogP contribution is -2.50. The minimum absolute atomic E-state index is 0.0737. The van der Waals surface area contributed by atoms with Crippen LogP contribution in [0.1, 0.15) is 64.9 Å². The molecule has 172 valence electrons. The van der Waals surface area contributed by atoms with Crippen molar-refractivity contribution in [3.63, 3.8) is 0 Å². The van der Waals surface area contributed by atoms with Crippen molar-refractivity contribution in [1.29, 1.82) is 0 Å². The lowest BCUT2D eigenvalue weighted by atomic mass is 9.82. The summed E-state index contributed by atoms with van der Waals surface area (Å²) in [6.45, 7) is 7.10. The number of aliphatic carboxylic acids is 1. The third-order valence-electron chi connectivity index (χ3n) is 5.82. The van der Waals surface area contributed by atoms with E-state index in [0.717, 1.165) is 22.0 Å². The summed E-state index contributed by atoms with van der Waals surface area (Å²) in [5.74, 6) is -2.47. The highest BCUT2D eigenvalue weighted by atomic mass is 127. The lowest BCUT2D eigenvalue weighted by Gasteiger charge is -2.29. The van der Waals surface area contributed by atoms with Gasteiger partial charge in [-0.25, -0.2) is 0 Å². The van der Waals surface area contributed by atoms with Gasteiger partial charge in [-0.05, 0) is 78.3 Å². The van der Waals surface area contributed by atoms with E-state index < -0.39 is 23.8 Å². The Balaban J connectivity index is 2.15. The number of likely N-dealkylation sites (tertiary alicyclic amines) is 1. The first-order valence-corrected chi connectivity index (χ1v) is 12.4. The van der Waals surface area contributed by atoms with Gasteiger partial charge < -0.3 is 15.3 Å². The van der Waals surface area contributed by atoms with Crippen LogP contribution in [0, 0.1) is 21.3 Å². The molecule has 1 aliphatic rings. The van der Waals surface area contributed by atoms with Crippen molar-refractivity contribution in [1.82, 2.24) is 10.2 Å².